The van der Waals surface area contributed by atoms with Gasteiger partial charge in [0.05, 0.1) is 6.04 Å². The van der Waals surface area contributed by atoms with Gasteiger partial charge in [0.15, 0.2) is 0 Å². The van der Waals surface area contributed by atoms with Crippen molar-refractivity contribution in [2.45, 2.75) is 26.8 Å². The average molecular weight is 257 g/mol. The fraction of sp³-hybridized carbons (Fsp3) is 0.294. The fourth-order valence-electron chi connectivity index (χ4n) is 2.33. The minimum Gasteiger partial charge on any atom is -0.307 e. The van der Waals surface area contributed by atoms with E-state index in [-0.39, 0.29) is 11.9 Å². The number of hydrogen-bond donors (Lipinski definition) is 1. The van der Waals surface area contributed by atoms with Gasteiger partial charge in [0.25, 0.3) is 0 Å². The Morgan fingerprint density at radius 1 is 1.05 bits per heavy atom. The number of nitrogens with one attached hydrogen (secondary N) is 1. The summed E-state index contributed by atoms with van der Waals surface area (Å²) in [5, 5.41) is 3.47. The number of aryl methyl sites for hydroxylation is 2. The molecule has 19 heavy (non-hydrogen) atoms. The van der Waals surface area contributed by atoms with Crippen molar-refractivity contribution in [3.63, 3.8) is 0 Å². The van der Waals surface area contributed by atoms with Crippen LogP contribution in [0.2, 0.25) is 0 Å². The molecule has 1 atom stereocenters. The van der Waals surface area contributed by atoms with Crippen LogP contribution in [0.15, 0.2) is 42.5 Å². The molecule has 1 nitrogen and oxygen atoms in total. The fourth-order valence-corrected chi connectivity index (χ4v) is 2.33. The highest BCUT2D eigenvalue weighted by Crippen LogP contribution is 2.24. The molecule has 0 aliphatic rings. The Bertz CT molecular complexity index is 563. The van der Waals surface area contributed by atoms with Crippen LogP contribution < -0.4 is 5.32 Å². The summed E-state index contributed by atoms with van der Waals surface area (Å²) in [4.78, 5) is 0. The zero-order valence-electron chi connectivity index (χ0n) is 11.7. The van der Waals surface area contributed by atoms with Crippen molar-refractivity contribution in [1.82, 2.24) is 5.32 Å². The van der Waals surface area contributed by atoms with Crippen LogP contribution in [0.4, 0.5) is 4.39 Å². The zero-order valence-corrected chi connectivity index (χ0v) is 11.7. The van der Waals surface area contributed by atoms with Gasteiger partial charge in [-0.05, 0) is 43.1 Å². The Morgan fingerprint density at radius 3 is 2.42 bits per heavy atom. The molecule has 0 spiro atoms. The lowest BCUT2D eigenvalue weighted by molar-refractivity contribution is 0.606. The smallest absolute Gasteiger partial charge is 0.126 e. The quantitative estimate of drug-likeness (QED) is 0.868. The van der Waals surface area contributed by atoms with Crippen LogP contribution in [0.5, 0.6) is 0 Å². The normalized spacial score (nSPS) is 12.4. The average Bonchev–Trinajstić information content (AvgIpc) is 2.39. The lowest BCUT2D eigenvalue weighted by atomic mass is 9.96. The van der Waals surface area contributed by atoms with Crippen molar-refractivity contribution in [1.29, 1.82) is 0 Å². The second-order valence-corrected chi connectivity index (χ2v) is 4.91. The van der Waals surface area contributed by atoms with Crippen molar-refractivity contribution in [3.8, 4) is 0 Å². The first-order valence-corrected chi connectivity index (χ1v) is 6.68. The van der Waals surface area contributed by atoms with Gasteiger partial charge < -0.3 is 5.32 Å². The summed E-state index contributed by atoms with van der Waals surface area (Å²) in [6.07, 6.45) is 0. The Morgan fingerprint density at radius 2 is 1.79 bits per heavy atom. The molecule has 100 valence electrons. The summed E-state index contributed by atoms with van der Waals surface area (Å²) in [5.41, 5.74) is 4.24. The predicted octanol–water partition coefficient (Wildman–Crippen LogP) is 4.14. The van der Waals surface area contributed by atoms with E-state index in [2.05, 4.69) is 43.4 Å². The molecule has 2 heteroatoms. The molecule has 2 rings (SSSR count). The van der Waals surface area contributed by atoms with Crippen molar-refractivity contribution >= 4 is 0 Å². The van der Waals surface area contributed by atoms with Crippen molar-refractivity contribution in [2.24, 2.45) is 0 Å². The van der Waals surface area contributed by atoms with Gasteiger partial charge in [-0.3, -0.25) is 0 Å². The molecule has 2 aromatic carbocycles. The Hall–Kier alpha value is -1.67. The molecule has 0 aliphatic heterocycles. The highest BCUT2D eigenvalue weighted by Gasteiger charge is 2.14. The molecule has 1 unspecified atom stereocenters. The molecule has 0 aromatic heterocycles. The highest BCUT2D eigenvalue weighted by molar-refractivity contribution is 5.36. The van der Waals surface area contributed by atoms with Crippen LogP contribution in [0.1, 0.15) is 35.2 Å². The Balaban J connectivity index is 2.42. The summed E-state index contributed by atoms with van der Waals surface area (Å²) >= 11 is 0. The molecule has 0 amide bonds. The zero-order chi connectivity index (χ0) is 13.8. The van der Waals surface area contributed by atoms with Crippen molar-refractivity contribution in [2.75, 3.05) is 6.54 Å². The first kappa shape index (κ1) is 13.8. The van der Waals surface area contributed by atoms with Gasteiger partial charge in [0.1, 0.15) is 5.82 Å². The van der Waals surface area contributed by atoms with E-state index < -0.39 is 0 Å². The van der Waals surface area contributed by atoms with Crippen LogP contribution in [0.25, 0.3) is 0 Å². The van der Waals surface area contributed by atoms with E-state index in [0.717, 1.165) is 12.1 Å². The highest BCUT2D eigenvalue weighted by atomic mass is 19.1. The number of hydrogen-bond acceptors (Lipinski definition) is 1. The third-order valence-electron chi connectivity index (χ3n) is 3.30. The summed E-state index contributed by atoms with van der Waals surface area (Å²) < 4.78 is 13.4. The molecular formula is C17H20FN. The summed E-state index contributed by atoms with van der Waals surface area (Å²) in [7, 11) is 0. The maximum absolute atomic E-state index is 13.4. The number of benzene rings is 2. The Kier molecular flexibility index (Phi) is 4.33. The SMILES string of the molecule is CCNC(c1cccc(C)c1)c1ccc(F)c(C)c1. The van der Waals surface area contributed by atoms with E-state index >= 15 is 0 Å². The maximum atomic E-state index is 13.4. The Labute approximate surface area is 114 Å². The lowest BCUT2D eigenvalue weighted by Crippen LogP contribution is -2.22. The minimum atomic E-state index is -0.150. The van der Waals surface area contributed by atoms with Crippen LogP contribution >= 0.6 is 0 Å². The van der Waals surface area contributed by atoms with Gasteiger partial charge in [-0.15, -0.1) is 0 Å². The predicted molar refractivity (Wildman–Crippen MR) is 77.8 cm³/mol. The van der Waals surface area contributed by atoms with Crippen molar-refractivity contribution < 1.29 is 4.39 Å². The summed E-state index contributed by atoms with van der Waals surface area (Å²) in [5.74, 6) is -0.150. The van der Waals surface area contributed by atoms with Crippen molar-refractivity contribution in [3.05, 3.63) is 70.5 Å². The van der Waals surface area contributed by atoms with E-state index in [4.69, 9.17) is 0 Å². The van der Waals surface area contributed by atoms with Gasteiger partial charge in [0.2, 0.25) is 0 Å². The van der Waals surface area contributed by atoms with Crippen LogP contribution in [-0.4, -0.2) is 6.54 Å². The standard InChI is InChI=1S/C17H20FN/c1-4-19-17(14-7-5-6-12(2)10-14)15-8-9-16(18)13(3)11-15/h5-11,17,19H,4H2,1-3H3. The van der Waals surface area contributed by atoms with Gasteiger partial charge >= 0.3 is 0 Å². The van der Waals surface area contributed by atoms with Crippen LogP contribution in [-0.2, 0) is 0 Å². The first-order valence-electron chi connectivity index (χ1n) is 6.68. The summed E-state index contributed by atoms with van der Waals surface area (Å²) in [6.45, 7) is 6.84. The molecule has 0 heterocycles. The minimum absolute atomic E-state index is 0.115. The summed E-state index contributed by atoms with van der Waals surface area (Å²) in [6, 6.07) is 13.9. The molecule has 0 saturated carbocycles. The lowest BCUT2D eigenvalue weighted by Gasteiger charge is -2.20. The van der Waals surface area contributed by atoms with Gasteiger partial charge in [-0.1, -0.05) is 48.9 Å². The molecular weight excluding hydrogens is 237 g/mol. The molecule has 0 radical (unpaired) electrons. The van der Waals surface area contributed by atoms with Crippen LogP contribution in [0, 0.1) is 19.7 Å². The van der Waals surface area contributed by atoms with Crippen LogP contribution in [0.3, 0.4) is 0 Å². The second kappa shape index (κ2) is 5.98. The third kappa shape index (κ3) is 3.21. The van der Waals surface area contributed by atoms with Gasteiger partial charge in [0, 0.05) is 0 Å². The molecule has 0 saturated heterocycles. The molecule has 1 N–H and O–H groups in total. The monoisotopic (exact) mass is 257 g/mol. The van der Waals surface area contributed by atoms with Gasteiger partial charge in [-0.25, -0.2) is 4.39 Å². The van der Waals surface area contributed by atoms with E-state index in [1.807, 2.05) is 12.1 Å². The number of rotatable bonds is 4. The van der Waals surface area contributed by atoms with E-state index in [1.54, 1.807) is 13.0 Å². The number of halogens is 1. The molecule has 0 bridgehead atoms. The van der Waals surface area contributed by atoms with Gasteiger partial charge in [-0.2, -0.15) is 0 Å². The second-order valence-electron chi connectivity index (χ2n) is 4.91. The van der Waals surface area contributed by atoms with E-state index in [0.29, 0.717) is 5.56 Å². The topological polar surface area (TPSA) is 12.0 Å². The molecule has 0 aliphatic carbocycles. The third-order valence-corrected chi connectivity index (χ3v) is 3.30. The first-order chi connectivity index (χ1) is 9.11. The molecule has 2 aromatic rings. The van der Waals surface area contributed by atoms with E-state index in [1.165, 1.54) is 11.1 Å². The largest absolute Gasteiger partial charge is 0.307 e. The molecule has 0 fully saturated rings. The van der Waals surface area contributed by atoms with E-state index in [9.17, 15) is 4.39 Å². The maximum Gasteiger partial charge on any atom is 0.126 e.